The van der Waals surface area contributed by atoms with Gasteiger partial charge in [0.2, 0.25) is 11.8 Å². The van der Waals surface area contributed by atoms with Crippen LogP contribution in [0, 0.1) is 11.7 Å². The van der Waals surface area contributed by atoms with Crippen molar-refractivity contribution in [3.05, 3.63) is 35.6 Å². The van der Waals surface area contributed by atoms with E-state index in [2.05, 4.69) is 5.32 Å². The van der Waals surface area contributed by atoms with Gasteiger partial charge in [-0.05, 0) is 30.5 Å². The zero-order chi connectivity index (χ0) is 16.8. The highest BCUT2D eigenvalue weighted by atomic mass is 19.1. The molecule has 0 aromatic heterocycles. The maximum atomic E-state index is 13.5. The lowest BCUT2D eigenvalue weighted by atomic mass is 9.84. The highest BCUT2D eigenvalue weighted by Crippen LogP contribution is 2.36. The lowest BCUT2D eigenvalue weighted by Gasteiger charge is -2.38. The third-order valence-electron chi connectivity index (χ3n) is 4.21. The summed E-state index contributed by atoms with van der Waals surface area (Å²) in [5, 5.41) is 2.89. The fourth-order valence-corrected chi connectivity index (χ4v) is 3.02. The third kappa shape index (κ3) is 4.28. The van der Waals surface area contributed by atoms with Gasteiger partial charge in [0, 0.05) is 33.7 Å². The van der Waals surface area contributed by atoms with Crippen molar-refractivity contribution in [1.29, 1.82) is 0 Å². The van der Waals surface area contributed by atoms with Gasteiger partial charge in [0.25, 0.3) is 0 Å². The maximum Gasteiger partial charge on any atom is 0.225 e. The Hall–Kier alpha value is -1.95. The molecule has 1 saturated heterocycles. The van der Waals surface area contributed by atoms with Crippen LogP contribution in [0.15, 0.2) is 24.3 Å². The lowest BCUT2D eigenvalue weighted by Crippen LogP contribution is -2.46. The summed E-state index contributed by atoms with van der Waals surface area (Å²) in [5.74, 6) is -0.868. The van der Waals surface area contributed by atoms with Gasteiger partial charge in [-0.25, -0.2) is 4.39 Å². The molecule has 1 fully saturated rings. The second-order valence-corrected chi connectivity index (χ2v) is 5.79. The van der Waals surface area contributed by atoms with Crippen LogP contribution in [0.25, 0.3) is 0 Å². The number of hydrogen-bond donors (Lipinski definition) is 1. The molecular weight excluding hydrogens is 299 g/mol. The van der Waals surface area contributed by atoms with E-state index in [-0.39, 0.29) is 23.5 Å². The molecule has 126 valence electrons. The summed E-state index contributed by atoms with van der Waals surface area (Å²) < 4.78 is 18.5. The molecule has 0 aliphatic carbocycles. The summed E-state index contributed by atoms with van der Waals surface area (Å²) in [5.41, 5.74) is 0.651. The Kier molecular flexibility index (Phi) is 6.10. The zero-order valence-corrected chi connectivity index (χ0v) is 13.5. The molecule has 1 aliphatic rings. The maximum absolute atomic E-state index is 13.5. The van der Waals surface area contributed by atoms with Crippen LogP contribution in [0.1, 0.15) is 30.9 Å². The Morgan fingerprint density at radius 1 is 1.48 bits per heavy atom. The number of methoxy groups -OCH3 is 1. The molecule has 1 aromatic rings. The number of likely N-dealkylation sites (tertiary alicyclic amines) is 1. The Morgan fingerprint density at radius 2 is 2.26 bits per heavy atom. The quantitative estimate of drug-likeness (QED) is 0.814. The van der Waals surface area contributed by atoms with Crippen LogP contribution >= 0.6 is 0 Å². The second kappa shape index (κ2) is 8.06. The second-order valence-electron chi connectivity index (χ2n) is 5.79. The van der Waals surface area contributed by atoms with Crippen LogP contribution in [0.3, 0.4) is 0 Å². The monoisotopic (exact) mass is 322 g/mol. The van der Waals surface area contributed by atoms with Crippen LogP contribution in [0.4, 0.5) is 4.39 Å². The minimum absolute atomic E-state index is 0.0253. The Balaban J connectivity index is 2.15. The predicted molar refractivity (Wildman–Crippen MR) is 84.1 cm³/mol. The van der Waals surface area contributed by atoms with Crippen molar-refractivity contribution in [2.75, 3.05) is 27.3 Å². The first-order valence-electron chi connectivity index (χ1n) is 7.82. The Labute approximate surface area is 135 Å². The minimum atomic E-state index is -0.436. The summed E-state index contributed by atoms with van der Waals surface area (Å²) in [4.78, 5) is 26.1. The Morgan fingerprint density at radius 3 is 2.96 bits per heavy atom. The fraction of sp³-hybridized carbons (Fsp3) is 0.529. The number of nitrogens with zero attached hydrogens (tertiary/aromatic N) is 1. The van der Waals surface area contributed by atoms with Gasteiger partial charge in [-0.1, -0.05) is 12.1 Å². The van der Waals surface area contributed by atoms with Gasteiger partial charge in [-0.3, -0.25) is 9.59 Å². The molecule has 5 nitrogen and oxygen atoms in total. The first-order valence-corrected chi connectivity index (χ1v) is 7.82. The highest BCUT2D eigenvalue weighted by molar-refractivity contribution is 5.84. The number of benzene rings is 1. The molecule has 2 atom stereocenters. The van der Waals surface area contributed by atoms with Gasteiger partial charge >= 0.3 is 0 Å². The molecular formula is C17H23FN2O3. The molecule has 1 aromatic carbocycles. The van der Waals surface area contributed by atoms with Crippen molar-refractivity contribution < 1.29 is 18.7 Å². The fourth-order valence-electron chi connectivity index (χ4n) is 3.02. The highest BCUT2D eigenvalue weighted by Gasteiger charge is 2.38. The number of halogens is 1. The van der Waals surface area contributed by atoms with Crippen molar-refractivity contribution in [2.24, 2.45) is 5.92 Å². The number of hydrogen-bond acceptors (Lipinski definition) is 3. The molecule has 1 N–H and O–H groups in total. The van der Waals surface area contributed by atoms with Crippen molar-refractivity contribution >= 4 is 11.8 Å². The lowest BCUT2D eigenvalue weighted by molar-refractivity contribution is -0.141. The SMILES string of the molecule is COCCCNC(=O)[C@H]1CCC(=O)N(C)[C@H]1c1cccc(F)c1. The third-order valence-corrected chi connectivity index (χ3v) is 4.21. The van der Waals surface area contributed by atoms with Gasteiger partial charge in [0.1, 0.15) is 5.82 Å². The van der Waals surface area contributed by atoms with Gasteiger partial charge in [0.05, 0.1) is 12.0 Å². The first kappa shape index (κ1) is 17.4. The average Bonchev–Trinajstić information content (AvgIpc) is 2.53. The van der Waals surface area contributed by atoms with Crippen molar-refractivity contribution in [3.63, 3.8) is 0 Å². The van der Waals surface area contributed by atoms with Crippen LogP contribution in [-0.2, 0) is 14.3 Å². The van der Waals surface area contributed by atoms with Crippen LogP contribution in [-0.4, -0.2) is 44.0 Å². The van der Waals surface area contributed by atoms with Crippen LogP contribution < -0.4 is 5.32 Å². The number of carbonyl (C=O) groups is 2. The number of ether oxygens (including phenoxy) is 1. The molecule has 1 heterocycles. The van der Waals surface area contributed by atoms with Gasteiger partial charge in [-0.15, -0.1) is 0 Å². The van der Waals surface area contributed by atoms with E-state index in [1.54, 1.807) is 31.2 Å². The molecule has 0 radical (unpaired) electrons. The van der Waals surface area contributed by atoms with E-state index in [1.807, 2.05) is 0 Å². The van der Waals surface area contributed by atoms with Gasteiger partial charge < -0.3 is 15.0 Å². The number of amides is 2. The smallest absolute Gasteiger partial charge is 0.225 e. The molecule has 2 rings (SSSR count). The molecule has 0 saturated carbocycles. The van der Waals surface area contributed by atoms with Crippen molar-refractivity contribution in [3.8, 4) is 0 Å². The van der Waals surface area contributed by atoms with Crippen molar-refractivity contribution in [2.45, 2.75) is 25.3 Å². The summed E-state index contributed by atoms with van der Waals surface area (Å²) in [6.45, 7) is 1.10. The normalized spacial score (nSPS) is 21.3. The van der Waals surface area contributed by atoms with E-state index < -0.39 is 6.04 Å². The van der Waals surface area contributed by atoms with Crippen molar-refractivity contribution in [1.82, 2.24) is 10.2 Å². The Bertz CT molecular complexity index is 565. The zero-order valence-electron chi connectivity index (χ0n) is 13.5. The molecule has 1 aliphatic heterocycles. The molecule has 0 spiro atoms. The van der Waals surface area contributed by atoms with E-state index in [0.29, 0.717) is 31.6 Å². The largest absolute Gasteiger partial charge is 0.385 e. The number of rotatable bonds is 6. The summed E-state index contributed by atoms with van der Waals surface area (Å²) in [6.07, 6.45) is 1.54. The number of carbonyl (C=O) groups excluding carboxylic acids is 2. The average molecular weight is 322 g/mol. The first-order chi connectivity index (χ1) is 11.0. The number of nitrogens with one attached hydrogen (secondary N) is 1. The van der Waals surface area contributed by atoms with E-state index in [1.165, 1.54) is 12.1 Å². The van der Waals surface area contributed by atoms with E-state index in [4.69, 9.17) is 4.74 Å². The van der Waals surface area contributed by atoms with E-state index >= 15 is 0 Å². The summed E-state index contributed by atoms with van der Waals surface area (Å²) in [6, 6.07) is 5.67. The summed E-state index contributed by atoms with van der Waals surface area (Å²) in [7, 11) is 3.28. The van der Waals surface area contributed by atoms with Crippen LogP contribution in [0.2, 0.25) is 0 Å². The molecule has 23 heavy (non-hydrogen) atoms. The minimum Gasteiger partial charge on any atom is -0.385 e. The van der Waals surface area contributed by atoms with E-state index in [0.717, 1.165) is 6.42 Å². The molecule has 6 heteroatoms. The van der Waals surface area contributed by atoms with E-state index in [9.17, 15) is 14.0 Å². The predicted octanol–water partition coefficient (Wildman–Crippen LogP) is 1.89. The van der Waals surface area contributed by atoms with Gasteiger partial charge in [-0.2, -0.15) is 0 Å². The van der Waals surface area contributed by atoms with Gasteiger partial charge in [0.15, 0.2) is 0 Å². The van der Waals surface area contributed by atoms with Crippen LogP contribution in [0.5, 0.6) is 0 Å². The molecule has 2 amide bonds. The molecule has 0 unspecified atom stereocenters. The topological polar surface area (TPSA) is 58.6 Å². The molecule has 0 bridgehead atoms. The summed E-state index contributed by atoms with van der Waals surface area (Å²) >= 11 is 0. The standard InChI is InChI=1S/C17H23FN2O3/c1-20-15(21)8-7-14(17(22)19-9-4-10-23-2)16(20)12-5-3-6-13(18)11-12/h3,5-6,11,14,16H,4,7-10H2,1-2H3,(H,19,22)/t14-,16-/m0/s1. The number of piperidine rings is 1.